The van der Waals surface area contributed by atoms with Crippen LogP contribution >= 0.6 is 15.9 Å². The van der Waals surface area contributed by atoms with E-state index >= 15 is 0 Å². The van der Waals surface area contributed by atoms with E-state index in [-0.39, 0.29) is 5.56 Å². The number of hydrogen-bond donors (Lipinski definition) is 1. The van der Waals surface area contributed by atoms with E-state index in [1.807, 2.05) is 13.8 Å². The van der Waals surface area contributed by atoms with Gasteiger partial charge in [-0.25, -0.2) is 4.98 Å². The highest BCUT2D eigenvalue weighted by molar-refractivity contribution is 9.10. The molecule has 1 aliphatic rings. The van der Waals surface area contributed by atoms with Gasteiger partial charge in [0.2, 0.25) is 0 Å². The molecule has 19 heavy (non-hydrogen) atoms. The molecule has 0 bridgehead atoms. The summed E-state index contributed by atoms with van der Waals surface area (Å²) < 4.78 is 6.51. The van der Waals surface area contributed by atoms with E-state index in [0.717, 1.165) is 37.3 Å². The molecule has 106 valence electrons. The molecule has 0 radical (unpaired) electrons. The normalized spacial score (nSPS) is 27.5. The van der Waals surface area contributed by atoms with Gasteiger partial charge in [-0.2, -0.15) is 0 Å². The Morgan fingerprint density at radius 2 is 2.11 bits per heavy atom. The molecule has 0 spiro atoms. The molecule has 0 amide bonds. The average molecular weight is 329 g/mol. The molecule has 1 heterocycles. The van der Waals surface area contributed by atoms with E-state index in [1.165, 1.54) is 0 Å². The van der Waals surface area contributed by atoms with Crippen molar-refractivity contribution in [1.29, 1.82) is 0 Å². The summed E-state index contributed by atoms with van der Waals surface area (Å²) in [5, 5.41) is 0. The van der Waals surface area contributed by atoms with Crippen LogP contribution in [0.15, 0.2) is 9.27 Å². The second kappa shape index (κ2) is 5.75. The highest BCUT2D eigenvalue weighted by Crippen LogP contribution is 2.40. The number of aryl methyl sites for hydroxylation is 1. The van der Waals surface area contributed by atoms with Crippen molar-refractivity contribution < 1.29 is 4.74 Å². The van der Waals surface area contributed by atoms with Gasteiger partial charge in [0, 0.05) is 6.61 Å². The van der Waals surface area contributed by atoms with Crippen molar-refractivity contribution in [2.45, 2.75) is 52.1 Å². The third kappa shape index (κ3) is 2.92. The summed E-state index contributed by atoms with van der Waals surface area (Å²) in [6, 6.07) is 0. The number of ether oxygens (including phenoxy) is 1. The monoisotopic (exact) mass is 328 g/mol. The first-order valence-electron chi connectivity index (χ1n) is 6.89. The molecule has 0 aliphatic heterocycles. The van der Waals surface area contributed by atoms with E-state index in [4.69, 9.17) is 4.74 Å². The number of rotatable bonds is 3. The highest BCUT2D eigenvalue weighted by atomic mass is 79.9. The lowest BCUT2D eigenvalue weighted by Gasteiger charge is -2.38. The Kier molecular flexibility index (Phi) is 4.46. The second-order valence-electron chi connectivity index (χ2n) is 5.42. The standard InChI is InChI=1S/C14H21BrN2O2/c1-4-19-14(7-5-9(2)6-8-14)13-16-10(3)11(15)12(18)17-13/h9H,4-8H2,1-3H3,(H,16,17,18). The predicted octanol–water partition coefficient (Wildman–Crippen LogP) is 3.28. The third-order valence-corrected chi connectivity index (χ3v) is 4.90. The summed E-state index contributed by atoms with van der Waals surface area (Å²) in [7, 11) is 0. The Morgan fingerprint density at radius 1 is 1.47 bits per heavy atom. The van der Waals surface area contributed by atoms with Gasteiger partial charge in [-0.05, 0) is 61.4 Å². The Morgan fingerprint density at radius 3 is 2.63 bits per heavy atom. The number of aromatic nitrogens is 2. The lowest BCUT2D eigenvalue weighted by Crippen LogP contribution is -2.38. The van der Waals surface area contributed by atoms with E-state index in [2.05, 4.69) is 32.8 Å². The lowest BCUT2D eigenvalue weighted by molar-refractivity contribution is -0.0839. The Hall–Kier alpha value is -0.680. The third-order valence-electron chi connectivity index (χ3n) is 3.96. The summed E-state index contributed by atoms with van der Waals surface area (Å²) in [6.45, 7) is 6.73. The molecule has 5 heteroatoms. The maximum atomic E-state index is 11.9. The Balaban J connectivity index is 2.42. The van der Waals surface area contributed by atoms with Crippen molar-refractivity contribution in [2.24, 2.45) is 5.92 Å². The van der Waals surface area contributed by atoms with E-state index in [9.17, 15) is 4.79 Å². The topological polar surface area (TPSA) is 55.0 Å². The molecule has 1 aromatic rings. The zero-order valence-electron chi connectivity index (χ0n) is 11.8. The van der Waals surface area contributed by atoms with Crippen LogP contribution in [0.4, 0.5) is 0 Å². The molecule has 4 nitrogen and oxygen atoms in total. The van der Waals surface area contributed by atoms with Crippen molar-refractivity contribution >= 4 is 15.9 Å². The summed E-state index contributed by atoms with van der Waals surface area (Å²) in [6.07, 6.45) is 4.07. The molecule has 1 saturated carbocycles. The van der Waals surface area contributed by atoms with Gasteiger partial charge in [-0.1, -0.05) is 6.92 Å². The molecule has 1 N–H and O–H groups in total. The molecule has 1 aliphatic carbocycles. The molecular weight excluding hydrogens is 308 g/mol. The average Bonchev–Trinajstić information content (AvgIpc) is 2.38. The summed E-state index contributed by atoms with van der Waals surface area (Å²) in [4.78, 5) is 19.3. The smallest absolute Gasteiger partial charge is 0.265 e. The van der Waals surface area contributed by atoms with Gasteiger partial charge >= 0.3 is 0 Å². The maximum Gasteiger partial charge on any atom is 0.265 e. The number of nitrogens with one attached hydrogen (secondary N) is 1. The molecule has 0 saturated heterocycles. The Bertz CT molecular complexity index is 505. The number of nitrogens with zero attached hydrogens (tertiary/aromatic N) is 1. The minimum absolute atomic E-state index is 0.125. The van der Waals surface area contributed by atoms with Gasteiger partial charge in [0.25, 0.3) is 5.56 Å². The molecular formula is C14H21BrN2O2. The lowest BCUT2D eigenvalue weighted by atomic mass is 9.79. The van der Waals surface area contributed by atoms with Gasteiger partial charge in [-0.3, -0.25) is 4.79 Å². The summed E-state index contributed by atoms with van der Waals surface area (Å²) in [5.41, 5.74) is 0.183. The van der Waals surface area contributed by atoms with Crippen molar-refractivity contribution in [1.82, 2.24) is 9.97 Å². The SMILES string of the molecule is CCOC1(c2nc(C)c(Br)c(=O)[nH]2)CCC(C)CC1. The van der Waals surface area contributed by atoms with Gasteiger partial charge < -0.3 is 9.72 Å². The van der Waals surface area contributed by atoms with Crippen LogP contribution in [0.3, 0.4) is 0 Å². The van der Waals surface area contributed by atoms with Crippen molar-refractivity contribution in [3.05, 3.63) is 26.3 Å². The quantitative estimate of drug-likeness (QED) is 0.926. The van der Waals surface area contributed by atoms with Crippen molar-refractivity contribution in [3.63, 3.8) is 0 Å². The fourth-order valence-electron chi connectivity index (χ4n) is 2.74. The number of halogens is 1. The first-order chi connectivity index (χ1) is 8.98. The van der Waals surface area contributed by atoms with Crippen LogP contribution in [0, 0.1) is 12.8 Å². The zero-order valence-corrected chi connectivity index (χ0v) is 13.3. The summed E-state index contributed by atoms with van der Waals surface area (Å²) >= 11 is 3.26. The van der Waals surface area contributed by atoms with Crippen LogP contribution < -0.4 is 5.56 Å². The number of H-pyrrole nitrogens is 1. The number of aromatic amines is 1. The van der Waals surface area contributed by atoms with Crippen LogP contribution in [0.1, 0.15) is 51.0 Å². The maximum absolute atomic E-state index is 11.9. The van der Waals surface area contributed by atoms with Gasteiger partial charge in [0.15, 0.2) is 0 Å². The largest absolute Gasteiger partial charge is 0.367 e. The highest BCUT2D eigenvalue weighted by Gasteiger charge is 2.39. The molecule has 0 aromatic carbocycles. The van der Waals surface area contributed by atoms with Gasteiger partial charge in [0.1, 0.15) is 15.9 Å². The minimum Gasteiger partial charge on any atom is -0.367 e. The molecule has 0 atom stereocenters. The molecule has 1 fully saturated rings. The van der Waals surface area contributed by atoms with Crippen LogP contribution in [-0.2, 0) is 10.3 Å². The van der Waals surface area contributed by atoms with E-state index < -0.39 is 5.60 Å². The number of hydrogen-bond acceptors (Lipinski definition) is 3. The van der Waals surface area contributed by atoms with Crippen molar-refractivity contribution in [2.75, 3.05) is 6.61 Å². The van der Waals surface area contributed by atoms with E-state index in [0.29, 0.717) is 16.9 Å². The molecule has 1 aromatic heterocycles. The van der Waals surface area contributed by atoms with Crippen LogP contribution in [0.25, 0.3) is 0 Å². The second-order valence-corrected chi connectivity index (χ2v) is 6.22. The van der Waals surface area contributed by atoms with Crippen LogP contribution in [-0.4, -0.2) is 16.6 Å². The fourth-order valence-corrected chi connectivity index (χ4v) is 2.93. The Labute approximate surface area is 122 Å². The minimum atomic E-state index is -0.411. The molecule has 0 unspecified atom stereocenters. The zero-order chi connectivity index (χ0) is 14.0. The fraction of sp³-hybridized carbons (Fsp3) is 0.714. The molecule has 2 rings (SSSR count). The first kappa shape index (κ1) is 14.7. The van der Waals surface area contributed by atoms with E-state index in [1.54, 1.807) is 0 Å². The van der Waals surface area contributed by atoms with Crippen LogP contribution in [0.2, 0.25) is 0 Å². The van der Waals surface area contributed by atoms with Crippen LogP contribution in [0.5, 0.6) is 0 Å². The van der Waals surface area contributed by atoms with Crippen molar-refractivity contribution in [3.8, 4) is 0 Å². The predicted molar refractivity (Wildman–Crippen MR) is 78.2 cm³/mol. The first-order valence-corrected chi connectivity index (χ1v) is 7.68. The van der Waals surface area contributed by atoms with Gasteiger partial charge in [0.05, 0.1) is 5.69 Å². The van der Waals surface area contributed by atoms with Gasteiger partial charge in [-0.15, -0.1) is 0 Å². The summed E-state index contributed by atoms with van der Waals surface area (Å²) in [5.74, 6) is 1.41.